The summed E-state index contributed by atoms with van der Waals surface area (Å²) in [6, 6.07) is 2.92. The first kappa shape index (κ1) is 14.0. The van der Waals surface area contributed by atoms with E-state index in [9.17, 15) is 9.59 Å². The van der Waals surface area contributed by atoms with Gasteiger partial charge in [0.2, 0.25) is 0 Å². The first-order chi connectivity index (χ1) is 9.02. The molecule has 2 rings (SSSR count). The molecule has 0 aliphatic carbocycles. The Bertz CT molecular complexity index is 486. The number of thiophene rings is 1. The molecule has 6 heteroatoms. The fourth-order valence-electron chi connectivity index (χ4n) is 2.17. The van der Waals surface area contributed by atoms with E-state index in [-0.39, 0.29) is 30.6 Å². The zero-order chi connectivity index (χ0) is 14.0. The van der Waals surface area contributed by atoms with Crippen LogP contribution in [0.5, 0.6) is 0 Å². The lowest BCUT2D eigenvalue weighted by molar-refractivity contribution is -0.127. The highest BCUT2D eigenvalue weighted by Gasteiger charge is 2.38. The van der Waals surface area contributed by atoms with Gasteiger partial charge in [-0.25, -0.2) is 4.79 Å². The van der Waals surface area contributed by atoms with Crippen molar-refractivity contribution in [3.63, 3.8) is 0 Å². The van der Waals surface area contributed by atoms with Crippen molar-refractivity contribution in [3.8, 4) is 0 Å². The van der Waals surface area contributed by atoms with Gasteiger partial charge in [0.25, 0.3) is 5.91 Å². The number of aryl methyl sites for hydroxylation is 1. The van der Waals surface area contributed by atoms with Crippen LogP contribution in [0.1, 0.15) is 35.6 Å². The highest BCUT2D eigenvalue weighted by Crippen LogP contribution is 2.23. The number of nitrogens with two attached hydrogens (primary N) is 1. The summed E-state index contributed by atoms with van der Waals surface area (Å²) in [6.07, 6.45) is 1.54. The van der Waals surface area contributed by atoms with Crippen molar-refractivity contribution in [1.29, 1.82) is 0 Å². The molecule has 0 aromatic carbocycles. The van der Waals surface area contributed by atoms with Crippen molar-refractivity contribution in [2.75, 3.05) is 6.54 Å². The molecule has 0 spiro atoms. The first-order valence-electron chi connectivity index (χ1n) is 6.46. The average Bonchev–Trinajstić information content (AvgIpc) is 2.90. The molecule has 3 amide bonds. The second-order valence-electron chi connectivity index (χ2n) is 4.79. The monoisotopic (exact) mass is 281 g/mol. The summed E-state index contributed by atoms with van der Waals surface area (Å²) in [7, 11) is 0. The van der Waals surface area contributed by atoms with E-state index in [4.69, 9.17) is 5.73 Å². The molecule has 2 unspecified atom stereocenters. The third-order valence-electron chi connectivity index (χ3n) is 3.19. The van der Waals surface area contributed by atoms with Crippen molar-refractivity contribution in [1.82, 2.24) is 10.2 Å². The number of rotatable bonds is 5. The number of hydrogen-bond acceptors (Lipinski definition) is 4. The highest BCUT2D eigenvalue weighted by molar-refractivity contribution is 7.12. The Morgan fingerprint density at radius 2 is 2.21 bits per heavy atom. The van der Waals surface area contributed by atoms with Crippen LogP contribution in [-0.2, 0) is 4.79 Å². The Hall–Kier alpha value is -1.40. The maximum absolute atomic E-state index is 12.1. The number of amides is 3. The summed E-state index contributed by atoms with van der Waals surface area (Å²) < 4.78 is 0. The SMILES string of the molecule is CCCC1NC(=O)N(CC(N)c2ccc(C)s2)C1=O. The van der Waals surface area contributed by atoms with Crippen LogP contribution < -0.4 is 11.1 Å². The van der Waals surface area contributed by atoms with E-state index in [1.54, 1.807) is 11.3 Å². The van der Waals surface area contributed by atoms with Crippen molar-refractivity contribution in [2.24, 2.45) is 5.73 Å². The molecule has 0 bridgehead atoms. The molecule has 104 valence electrons. The summed E-state index contributed by atoms with van der Waals surface area (Å²) in [5, 5.41) is 2.70. The van der Waals surface area contributed by atoms with Crippen molar-refractivity contribution < 1.29 is 9.59 Å². The van der Waals surface area contributed by atoms with Gasteiger partial charge in [-0.1, -0.05) is 13.3 Å². The number of imide groups is 1. The fraction of sp³-hybridized carbons (Fsp3) is 0.538. The molecule has 0 saturated carbocycles. The van der Waals surface area contributed by atoms with Crippen LogP contribution in [0.2, 0.25) is 0 Å². The fourth-order valence-corrected chi connectivity index (χ4v) is 3.04. The van der Waals surface area contributed by atoms with Crippen LogP contribution in [0.4, 0.5) is 4.79 Å². The van der Waals surface area contributed by atoms with Gasteiger partial charge in [-0.3, -0.25) is 9.69 Å². The zero-order valence-corrected chi connectivity index (χ0v) is 12.0. The molecule has 5 nitrogen and oxygen atoms in total. The molecule has 1 saturated heterocycles. The minimum absolute atomic E-state index is 0.157. The number of hydrogen-bond donors (Lipinski definition) is 2. The second-order valence-corrected chi connectivity index (χ2v) is 6.11. The molecular formula is C13H19N3O2S. The molecule has 1 aromatic heterocycles. The molecule has 3 N–H and O–H groups in total. The number of carbonyl (C=O) groups is 2. The summed E-state index contributed by atoms with van der Waals surface area (Å²) in [4.78, 5) is 27.3. The van der Waals surface area contributed by atoms with E-state index < -0.39 is 0 Å². The van der Waals surface area contributed by atoms with Gasteiger partial charge in [0.15, 0.2) is 0 Å². The van der Waals surface area contributed by atoms with Gasteiger partial charge < -0.3 is 11.1 Å². The van der Waals surface area contributed by atoms with Gasteiger partial charge in [0.05, 0.1) is 12.6 Å². The standard InChI is InChI=1S/C13H19N3O2S/c1-3-4-10-12(17)16(13(18)15-10)7-9(14)11-6-5-8(2)19-11/h5-6,9-10H,3-4,7,14H2,1-2H3,(H,15,18). The van der Waals surface area contributed by atoms with Gasteiger partial charge in [0, 0.05) is 9.75 Å². The van der Waals surface area contributed by atoms with Crippen LogP contribution >= 0.6 is 11.3 Å². The van der Waals surface area contributed by atoms with Gasteiger partial charge in [-0.05, 0) is 25.5 Å². The summed E-state index contributed by atoms with van der Waals surface area (Å²) in [5.41, 5.74) is 6.07. The minimum Gasteiger partial charge on any atom is -0.326 e. The molecule has 1 fully saturated rings. The van der Waals surface area contributed by atoms with E-state index in [2.05, 4.69) is 5.32 Å². The van der Waals surface area contributed by atoms with E-state index in [0.717, 1.165) is 11.3 Å². The third-order valence-corrected chi connectivity index (χ3v) is 4.32. The molecular weight excluding hydrogens is 262 g/mol. The molecule has 1 aromatic rings. The lowest BCUT2D eigenvalue weighted by Crippen LogP contribution is -2.37. The Balaban J connectivity index is 2.02. The van der Waals surface area contributed by atoms with Crippen LogP contribution in [0, 0.1) is 6.92 Å². The lowest BCUT2D eigenvalue weighted by atomic mass is 10.1. The molecule has 19 heavy (non-hydrogen) atoms. The Labute approximate surface area is 116 Å². The molecule has 0 radical (unpaired) electrons. The Morgan fingerprint density at radius 1 is 1.47 bits per heavy atom. The number of carbonyl (C=O) groups excluding carboxylic acids is 2. The van der Waals surface area contributed by atoms with E-state index in [1.165, 1.54) is 9.78 Å². The van der Waals surface area contributed by atoms with Crippen molar-refractivity contribution in [3.05, 3.63) is 21.9 Å². The average molecular weight is 281 g/mol. The molecule has 1 aliphatic rings. The van der Waals surface area contributed by atoms with Gasteiger partial charge in [0.1, 0.15) is 6.04 Å². The van der Waals surface area contributed by atoms with E-state index in [1.807, 2.05) is 26.0 Å². The van der Waals surface area contributed by atoms with Crippen LogP contribution in [0.3, 0.4) is 0 Å². The predicted molar refractivity (Wildman–Crippen MR) is 74.9 cm³/mol. The maximum Gasteiger partial charge on any atom is 0.324 e. The molecule has 1 aliphatic heterocycles. The largest absolute Gasteiger partial charge is 0.326 e. The lowest BCUT2D eigenvalue weighted by Gasteiger charge is -2.17. The molecule has 2 heterocycles. The van der Waals surface area contributed by atoms with E-state index >= 15 is 0 Å². The van der Waals surface area contributed by atoms with Crippen molar-refractivity contribution >= 4 is 23.3 Å². The molecule has 2 atom stereocenters. The van der Waals surface area contributed by atoms with Crippen LogP contribution in [-0.4, -0.2) is 29.4 Å². The second kappa shape index (κ2) is 5.71. The van der Waals surface area contributed by atoms with Gasteiger partial charge >= 0.3 is 6.03 Å². The van der Waals surface area contributed by atoms with Gasteiger partial charge in [-0.2, -0.15) is 0 Å². The van der Waals surface area contributed by atoms with Crippen LogP contribution in [0.15, 0.2) is 12.1 Å². The Morgan fingerprint density at radius 3 is 2.79 bits per heavy atom. The zero-order valence-electron chi connectivity index (χ0n) is 11.2. The highest BCUT2D eigenvalue weighted by atomic mass is 32.1. The number of nitrogens with one attached hydrogen (secondary N) is 1. The Kier molecular flexibility index (Phi) is 4.21. The summed E-state index contributed by atoms with van der Waals surface area (Å²) in [5.74, 6) is -0.157. The number of nitrogens with zero attached hydrogens (tertiary/aromatic N) is 1. The topological polar surface area (TPSA) is 75.4 Å². The van der Waals surface area contributed by atoms with Crippen LogP contribution in [0.25, 0.3) is 0 Å². The first-order valence-corrected chi connectivity index (χ1v) is 7.28. The quantitative estimate of drug-likeness (QED) is 0.808. The smallest absolute Gasteiger partial charge is 0.324 e. The van der Waals surface area contributed by atoms with E-state index in [0.29, 0.717) is 6.42 Å². The maximum atomic E-state index is 12.1. The normalized spacial score (nSPS) is 20.8. The number of urea groups is 1. The summed E-state index contributed by atoms with van der Waals surface area (Å²) >= 11 is 1.60. The summed E-state index contributed by atoms with van der Waals surface area (Å²) in [6.45, 7) is 4.24. The minimum atomic E-state index is -0.380. The predicted octanol–water partition coefficient (Wildman–Crippen LogP) is 1.78. The third kappa shape index (κ3) is 2.96. The van der Waals surface area contributed by atoms with Gasteiger partial charge in [-0.15, -0.1) is 11.3 Å². The van der Waals surface area contributed by atoms with Crippen molar-refractivity contribution in [2.45, 2.75) is 38.8 Å².